The van der Waals surface area contributed by atoms with Gasteiger partial charge in [0.2, 0.25) is 11.7 Å². The molecule has 0 aromatic heterocycles. The van der Waals surface area contributed by atoms with Crippen LogP contribution in [0.5, 0.6) is 11.5 Å². The van der Waals surface area contributed by atoms with Crippen LogP contribution in [0.3, 0.4) is 0 Å². The molecule has 3 aromatic carbocycles. The van der Waals surface area contributed by atoms with Crippen LogP contribution < -0.4 is 25.4 Å². The Kier molecular flexibility index (Phi) is 13.7. The number of halogens is 6. The Bertz CT molecular complexity index is 1880. The molecule has 3 amide bonds. The summed E-state index contributed by atoms with van der Waals surface area (Å²) in [7, 11) is 1.36. The van der Waals surface area contributed by atoms with Crippen molar-refractivity contribution in [3.8, 4) is 23.6 Å². The minimum absolute atomic E-state index is 0.0115. The zero-order chi connectivity index (χ0) is 38.8. The van der Waals surface area contributed by atoms with Gasteiger partial charge in [0.25, 0.3) is 11.8 Å². The van der Waals surface area contributed by atoms with Crippen LogP contribution >= 0.6 is 11.6 Å². The first-order valence-corrected chi connectivity index (χ1v) is 15.6. The van der Waals surface area contributed by atoms with Gasteiger partial charge in [0.05, 0.1) is 36.4 Å². The number of carbonyl (C=O) groups excluding carboxylic acids is 4. The molecule has 52 heavy (non-hydrogen) atoms. The van der Waals surface area contributed by atoms with E-state index in [4.69, 9.17) is 21.1 Å². The van der Waals surface area contributed by atoms with Gasteiger partial charge in [-0.1, -0.05) is 49.7 Å². The van der Waals surface area contributed by atoms with Crippen LogP contribution in [0, 0.1) is 28.6 Å². The SMILES string of the molecule is COc1ccc([C@H](NC(=O)[C@@H](Cc2cccc(C#N)c2)Oc2cc(Cl)cc(C#N)c2)C(=O)N[C@H](C(=O)C(F)(F)C(=O)NCC(F)(F)F)C(C)C)cc1. The average Bonchev–Trinajstić information content (AvgIpc) is 3.10. The van der Waals surface area contributed by atoms with Crippen molar-refractivity contribution in [3.05, 3.63) is 94.0 Å². The third-order valence-corrected chi connectivity index (χ3v) is 7.56. The second kappa shape index (κ2) is 17.5. The van der Waals surface area contributed by atoms with Crippen LogP contribution in [0.4, 0.5) is 22.0 Å². The summed E-state index contributed by atoms with van der Waals surface area (Å²) >= 11 is 6.12. The van der Waals surface area contributed by atoms with E-state index in [1.165, 1.54) is 75.6 Å². The van der Waals surface area contributed by atoms with E-state index in [0.29, 0.717) is 11.3 Å². The van der Waals surface area contributed by atoms with E-state index < -0.39 is 66.3 Å². The first-order valence-electron chi connectivity index (χ1n) is 15.3. The van der Waals surface area contributed by atoms with Crippen LogP contribution in [-0.4, -0.2) is 61.4 Å². The lowest BCUT2D eigenvalue weighted by molar-refractivity contribution is -0.165. The van der Waals surface area contributed by atoms with Gasteiger partial charge in [-0.3, -0.25) is 19.2 Å². The van der Waals surface area contributed by atoms with Crippen LogP contribution in [0.15, 0.2) is 66.7 Å². The number of benzene rings is 3. The number of ketones is 1. The Labute approximate surface area is 299 Å². The normalized spacial score (nSPS) is 13.1. The lowest BCUT2D eigenvalue weighted by atomic mass is 9.94. The summed E-state index contributed by atoms with van der Waals surface area (Å²) < 4.78 is 78.6. The molecule has 17 heteroatoms. The highest BCUT2D eigenvalue weighted by atomic mass is 35.5. The summed E-state index contributed by atoms with van der Waals surface area (Å²) in [6, 6.07) is 15.7. The third kappa shape index (κ3) is 11.1. The summed E-state index contributed by atoms with van der Waals surface area (Å²) in [5.74, 6) is -12.7. The number of nitriles is 2. The van der Waals surface area contributed by atoms with Crippen LogP contribution in [0.25, 0.3) is 0 Å². The molecule has 3 rings (SSSR count). The van der Waals surface area contributed by atoms with Crippen molar-refractivity contribution in [2.45, 2.75) is 50.6 Å². The number of Topliss-reactive ketones (excluding diaryl/α,β-unsaturated/α-hetero) is 1. The maximum Gasteiger partial charge on any atom is 0.405 e. The first kappa shape index (κ1) is 40.7. The third-order valence-electron chi connectivity index (χ3n) is 7.34. The average molecular weight is 748 g/mol. The molecule has 0 bridgehead atoms. The number of alkyl halides is 5. The quantitative estimate of drug-likeness (QED) is 0.145. The molecule has 0 aliphatic rings. The van der Waals surface area contributed by atoms with E-state index in [1.54, 1.807) is 12.1 Å². The Hall–Kier alpha value is -5.74. The summed E-state index contributed by atoms with van der Waals surface area (Å²) in [6.07, 6.45) is -6.72. The highest BCUT2D eigenvalue weighted by Gasteiger charge is 2.52. The second-order valence-corrected chi connectivity index (χ2v) is 12.0. The number of nitrogens with zero attached hydrogens (tertiary/aromatic N) is 2. The highest BCUT2D eigenvalue weighted by molar-refractivity contribution is 6.30. The standard InChI is InChI=1S/C35H31ClF5N5O6/c1-19(2)28(30(47)35(40,41)33(50)44-18-34(37,38)39)45-32(49)29(23-7-9-25(51-3)10-8-23)46-31(48)27(14-20-5-4-6-21(11-20)16-42)52-26-13-22(17-43)12-24(36)15-26/h4-13,15,19,27-29H,14,18H2,1-3H3,(H,44,50)(H,45,49)(H,46,48)/t27-,28+,29+/m1/s1. The summed E-state index contributed by atoms with van der Waals surface area (Å²) in [5, 5.41) is 24.4. The highest BCUT2D eigenvalue weighted by Crippen LogP contribution is 2.26. The number of amides is 3. The Balaban J connectivity index is 2.01. The van der Waals surface area contributed by atoms with Crippen LogP contribution in [0.2, 0.25) is 5.02 Å². The van der Waals surface area contributed by atoms with Crippen molar-refractivity contribution in [3.63, 3.8) is 0 Å². The van der Waals surface area contributed by atoms with Gasteiger partial charge in [0.15, 0.2) is 6.10 Å². The van der Waals surface area contributed by atoms with Crippen molar-refractivity contribution in [2.24, 2.45) is 5.92 Å². The van der Waals surface area contributed by atoms with E-state index in [2.05, 4.69) is 10.6 Å². The number of hydrogen-bond donors (Lipinski definition) is 3. The van der Waals surface area contributed by atoms with Gasteiger partial charge in [-0.05, 0) is 59.5 Å². The van der Waals surface area contributed by atoms with E-state index in [0.717, 1.165) is 5.32 Å². The van der Waals surface area contributed by atoms with E-state index in [-0.39, 0.29) is 33.9 Å². The fourth-order valence-corrected chi connectivity index (χ4v) is 4.96. The van der Waals surface area contributed by atoms with Gasteiger partial charge in [-0.25, -0.2) is 0 Å². The number of ether oxygens (including phenoxy) is 2. The molecule has 0 unspecified atom stereocenters. The molecule has 0 saturated carbocycles. The molecule has 0 radical (unpaired) electrons. The van der Waals surface area contributed by atoms with Crippen LogP contribution in [0.1, 0.15) is 42.1 Å². The van der Waals surface area contributed by atoms with Gasteiger partial charge >= 0.3 is 12.1 Å². The molecule has 11 nitrogen and oxygen atoms in total. The number of carbonyl (C=O) groups is 4. The van der Waals surface area contributed by atoms with Crippen LogP contribution in [-0.2, 0) is 25.6 Å². The second-order valence-electron chi connectivity index (χ2n) is 11.6. The molecule has 3 N–H and O–H groups in total. The molecule has 274 valence electrons. The number of nitrogens with one attached hydrogen (secondary N) is 3. The molecule has 3 aromatic rings. The zero-order valence-electron chi connectivity index (χ0n) is 27.7. The number of rotatable bonds is 15. The zero-order valence-corrected chi connectivity index (χ0v) is 28.4. The van der Waals surface area contributed by atoms with Gasteiger partial charge in [-0.2, -0.15) is 32.5 Å². The minimum Gasteiger partial charge on any atom is -0.497 e. The van der Waals surface area contributed by atoms with Gasteiger partial charge in [0.1, 0.15) is 24.1 Å². The Morgan fingerprint density at radius 1 is 0.846 bits per heavy atom. The van der Waals surface area contributed by atoms with E-state index >= 15 is 0 Å². The van der Waals surface area contributed by atoms with Crippen molar-refractivity contribution in [1.82, 2.24) is 16.0 Å². The number of hydrogen-bond acceptors (Lipinski definition) is 8. The Morgan fingerprint density at radius 2 is 1.50 bits per heavy atom. The van der Waals surface area contributed by atoms with Crippen molar-refractivity contribution in [1.29, 1.82) is 10.5 Å². The number of methoxy groups -OCH3 is 1. The van der Waals surface area contributed by atoms with E-state index in [1.807, 2.05) is 12.1 Å². The molecular weight excluding hydrogens is 717 g/mol. The van der Waals surface area contributed by atoms with E-state index in [9.17, 15) is 51.7 Å². The van der Waals surface area contributed by atoms with Crippen molar-refractivity contribution in [2.75, 3.05) is 13.7 Å². The lowest BCUT2D eigenvalue weighted by Gasteiger charge is -2.28. The monoisotopic (exact) mass is 747 g/mol. The van der Waals surface area contributed by atoms with Gasteiger partial charge < -0.3 is 25.4 Å². The van der Waals surface area contributed by atoms with Crippen molar-refractivity contribution < 1.29 is 50.6 Å². The lowest BCUT2D eigenvalue weighted by Crippen LogP contribution is -2.58. The fraction of sp³-hybridized carbons (Fsp3) is 0.314. The molecule has 0 saturated heterocycles. The molecule has 0 heterocycles. The summed E-state index contributed by atoms with van der Waals surface area (Å²) in [4.78, 5) is 52.7. The summed E-state index contributed by atoms with van der Waals surface area (Å²) in [6.45, 7) is 0.358. The first-order chi connectivity index (χ1) is 24.4. The van der Waals surface area contributed by atoms with Gasteiger partial charge in [0, 0.05) is 11.4 Å². The minimum atomic E-state index is -5.05. The van der Waals surface area contributed by atoms with Gasteiger partial charge in [-0.15, -0.1) is 0 Å². The molecule has 0 fully saturated rings. The Morgan fingerprint density at radius 3 is 2.08 bits per heavy atom. The molecule has 0 aliphatic heterocycles. The fourth-order valence-electron chi connectivity index (χ4n) is 4.73. The molecular formula is C35H31ClF5N5O6. The topological polar surface area (TPSA) is 170 Å². The van der Waals surface area contributed by atoms with Crippen molar-refractivity contribution >= 4 is 35.1 Å². The molecule has 0 aliphatic carbocycles. The summed E-state index contributed by atoms with van der Waals surface area (Å²) in [5.41, 5.74) is 0.867. The molecule has 3 atom stereocenters. The molecule has 0 spiro atoms. The maximum atomic E-state index is 14.9. The maximum absolute atomic E-state index is 14.9. The predicted molar refractivity (Wildman–Crippen MR) is 175 cm³/mol. The predicted octanol–water partition coefficient (Wildman–Crippen LogP) is 4.96. The largest absolute Gasteiger partial charge is 0.497 e. The smallest absolute Gasteiger partial charge is 0.405 e.